The van der Waals surface area contributed by atoms with Crippen LogP contribution in [0, 0.1) is 5.82 Å². The number of halogens is 1. The largest absolute Gasteiger partial charge is 0.481 e. The predicted molar refractivity (Wildman–Crippen MR) is 112 cm³/mol. The SMILES string of the molecule is CC(Oc1cccc(F)c1)C(=O)N1CCC(c2cncc(Nc3cnccn3)n2)CC1. The summed E-state index contributed by atoms with van der Waals surface area (Å²) < 4.78 is 19.0. The average Bonchev–Trinajstić information content (AvgIpc) is 2.79. The fraction of sp³-hybridized carbons (Fsp3) is 0.318. The van der Waals surface area contributed by atoms with Gasteiger partial charge in [0, 0.05) is 43.7 Å². The van der Waals surface area contributed by atoms with Crippen molar-refractivity contribution in [2.45, 2.75) is 31.8 Å². The number of likely N-dealkylation sites (tertiary alicyclic amines) is 1. The maximum Gasteiger partial charge on any atom is 0.263 e. The van der Waals surface area contributed by atoms with E-state index in [-0.39, 0.29) is 11.8 Å². The summed E-state index contributed by atoms with van der Waals surface area (Å²) in [7, 11) is 0. The molecule has 1 aromatic carbocycles. The van der Waals surface area contributed by atoms with Gasteiger partial charge in [0.05, 0.1) is 18.1 Å². The Bertz CT molecular complexity index is 1030. The number of amides is 1. The van der Waals surface area contributed by atoms with Gasteiger partial charge in [0.25, 0.3) is 5.91 Å². The van der Waals surface area contributed by atoms with Crippen LogP contribution in [-0.4, -0.2) is 49.9 Å². The summed E-state index contributed by atoms with van der Waals surface area (Å²) in [5.41, 5.74) is 0.880. The Morgan fingerprint density at radius 1 is 1.16 bits per heavy atom. The maximum atomic E-state index is 13.3. The number of nitrogens with one attached hydrogen (secondary N) is 1. The molecule has 1 fully saturated rings. The van der Waals surface area contributed by atoms with Gasteiger partial charge >= 0.3 is 0 Å². The number of rotatable bonds is 6. The van der Waals surface area contributed by atoms with Crippen LogP contribution in [-0.2, 0) is 4.79 Å². The molecule has 9 heteroatoms. The summed E-state index contributed by atoms with van der Waals surface area (Å²) in [4.78, 5) is 31.7. The van der Waals surface area contributed by atoms with Crippen molar-refractivity contribution < 1.29 is 13.9 Å². The molecule has 0 aliphatic carbocycles. The van der Waals surface area contributed by atoms with E-state index in [9.17, 15) is 9.18 Å². The zero-order valence-electron chi connectivity index (χ0n) is 17.1. The van der Waals surface area contributed by atoms with Crippen LogP contribution in [0.3, 0.4) is 0 Å². The van der Waals surface area contributed by atoms with Crippen LogP contribution in [0.25, 0.3) is 0 Å². The number of carbonyl (C=O) groups is 1. The van der Waals surface area contributed by atoms with Gasteiger partial charge in [0.2, 0.25) is 0 Å². The number of anilines is 2. The van der Waals surface area contributed by atoms with E-state index < -0.39 is 11.9 Å². The van der Waals surface area contributed by atoms with Crippen molar-refractivity contribution >= 4 is 17.5 Å². The molecule has 3 aromatic rings. The summed E-state index contributed by atoms with van der Waals surface area (Å²) in [5.74, 6) is 1.26. The lowest BCUT2D eigenvalue weighted by atomic mass is 9.93. The smallest absolute Gasteiger partial charge is 0.263 e. The van der Waals surface area contributed by atoms with Gasteiger partial charge < -0.3 is 15.0 Å². The Morgan fingerprint density at radius 3 is 2.71 bits per heavy atom. The first-order valence-electron chi connectivity index (χ1n) is 10.1. The van der Waals surface area contributed by atoms with Gasteiger partial charge in [-0.1, -0.05) is 6.07 Å². The molecule has 0 bridgehead atoms. The molecule has 1 saturated heterocycles. The van der Waals surface area contributed by atoms with E-state index in [4.69, 9.17) is 4.74 Å². The summed E-state index contributed by atoms with van der Waals surface area (Å²) in [5, 5.41) is 3.10. The molecule has 1 aliphatic heterocycles. The first-order chi connectivity index (χ1) is 15.1. The third kappa shape index (κ3) is 5.30. The third-order valence-electron chi connectivity index (χ3n) is 5.15. The minimum atomic E-state index is -0.683. The van der Waals surface area contributed by atoms with Gasteiger partial charge in [-0.2, -0.15) is 0 Å². The topological polar surface area (TPSA) is 93.1 Å². The summed E-state index contributed by atoms with van der Waals surface area (Å²) in [6.07, 6.45) is 9.10. The number of ether oxygens (including phenoxy) is 1. The highest BCUT2D eigenvalue weighted by Crippen LogP contribution is 2.28. The molecule has 0 radical (unpaired) electrons. The Morgan fingerprint density at radius 2 is 1.97 bits per heavy atom. The third-order valence-corrected chi connectivity index (χ3v) is 5.15. The van der Waals surface area contributed by atoms with E-state index in [0.717, 1.165) is 18.5 Å². The highest BCUT2D eigenvalue weighted by molar-refractivity contribution is 5.81. The van der Waals surface area contributed by atoms with Gasteiger partial charge in [-0.15, -0.1) is 0 Å². The Balaban J connectivity index is 1.33. The van der Waals surface area contributed by atoms with Crippen molar-refractivity contribution in [3.8, 4) is 5.75 Å². The predicted octanol–water partition coefficient (Wildman–Crippen LogP) is 3.32. The molecule has 31 heavy (non-hydrogen) atoms. The molecule has 0 saturated carbocycles. The number of hydrogen-bond donors (Lipinski definition) is 1. The molecule has 1 aliphatic rings. The number of piperidine rings is 1. The summed E-state index contributed by atoms with van der Waals surface area (Å²) >= 11 is 0. The van der Waals surface area contributed by atoms with Crippen molar-refractivity contribution in [2.24, 2.45) is 0 Å². The minimum absolute atomic E-state index is 0.105. The van der Waals surface area contributed by atoms with Crippen molar-refractivity contribution in [1.82, 2.24) is 24.8 Å². The molecular weight excluding hydrogens is 399 g/mol. The first kappa shape index (κ1) is 20.6. The van der Waals surface area contributed by atoms with E-state index in [0.29, 0.717) is 30.5 Å². The van der Waals surface area contributed by atoms with E-state index >= 15 is 0 Å². The van der Waals surface area contributed by atoms with Gasteiger partial charge in [-0.3, -0.25) is 14.8 Å². The van der Waals surface area contributed by atoms with Crippen molar-refractivity contribution in [2.75, 3.05) is 18.4 Å². The van der Waals surface area contributed by atoms with Crippen LogP contribution < -0.4 is 10.1 Å². The second kappa shape index (κ2) is 9.46. The number of benzene rings is 1. The molecule has 3 heterocycles. The number of hydrogen-bond acceptors (Lipinski definition) is 7. The quantitative estimate of drug-likeness (QED) is 0.651. The van der Waals surface area contributed by atoms with Crippen LogP contribution >= 0.6 is 0 Å². The number of carbonyl (C=O) groups excluding carboxylic acids is 1. The van der Waals surface area contributed by atoms with E-state index in [2.05, 4.69) is 25.3 Å². The second-order valence-electron chi connectivity index (χ2n) is 7.36. The van der Waals surface area contributed by atoms with E-state index in [1.54, 1.807) is 54.9 Å². The molecule has 8 nitrogen and oxygen atoms in total. The zero-order chi connectivity index (χ0) is 21.6. The van der Waals surface area contributed by atoms with Gasteiger partial charge in [0.15, 0.2) is 6.10 Å². The fourth-order valence-electron chi connectivity index (χ4n) is 3.58. The molecule has 4 rings (SSSR count). The summed E-state index contributed by atoms with van der Waals surface area (Å²) in [6.45, 7) is 2.89. The van der Waals surface area contributed by atoms with Crippen LogP contribution in [0.1, 0.15) is 31.4 Å². The molecule has 0 spiro atoms. The first-order valence-corrected chi connectivity index (χ1v) is 10.1. The summed E-state index contributed by atoms with van der Waals surface area (Å²) in [6, 6.07) is 5.81. The molecule has 160 valence electrons. The molecule has 2 aromatic heterocycles. The average molecular weight is 422 g/mol. The van der Waals surface area contributed by atoms with Crippen LogP contribution in [0.15, 0.2) is 55.2 Å². The Hall–Kier alpha value is -3.62. The lowest BCUT2D eigenvalue weighted by Gasteiger charge is -2.33. The molecule has 1 N–H and O–H groups in total. The Kier molecular flexibility index (Phi) is 6.30. The van der Waals surface area contributed by atoms with Crippen LogP contribution in [0.5, 0.6) is 5.75 Å². The fourth-order valence-corrected chi connectivity index (χ4v) is 3.58. The van der Waals surface area contributed by atoms with E-state index in [1.165, 1.54) is 12.1 Å². The highest BCUT2D eigenvalue weighted by Gasteiger charge is 2.28. The highest BCUT2D eigenvalue weighted by atomic mass is 19.1. The van der Waals surface area contributed by atoms with Crippen molar-refractivity contribution in [3.63, 3.8) is 0 Å². The molecular formula is C22H23FN6O2. The Labute approximate surface area is 179 Å². The standard InChI is InChI=1S/C22H23FN6O2/c1-15(31-18-4-2-3-17(23)11-18)22(30)29-9-5-16(6-10-29)19-12-25-14-21(27-19)28-20-13-24-7-8-26-20/h2-4,7-8,11-16H,5-6,9-10H2,1H3,(H,26,27,28). The molecule has 1 amide bonds. The molecule has 1 atom stereocenters. The lowest BCUT2D eigenvalue weighted by Crippen LogP contribution is -2.44. The van der Waals surface area contributed by atoms with E-state index in [1.807, 2.05) is 0 Å². The number of aromatic nitrogens is 4. The second-order valence-corrected chi connectivity index (χ2v) is 7.36. The van der Waals surface area contributed by atoms with Gasteiger partial charge in [-0.25, -0.2) is 14.4 Å². The van der Waals surface area contributed by atoms with Crippen molar-refractivity contribution in [1.29, 1.82) is 0 Å². The minimum Gasteiger partial charge on any atom is -0.481 e. The van der Waals surface area contributed by atoms with Gasteiger partial charge in [0.1, 0.15) is 23.2 Å². The zero-order valence-corrected chi connectivity index (χ0v) is 17.1. The van der Waals surface area contributed by atoms with Gasteiger partial charge in [-0.05, 0) is 31.9 Å². The van der Waals surface area contributed by atoms with Crippen LogP contribution in [0.2, 0.25) is 0 Å². The maximum absolute atomic E-state index is 13.3. The lowest BCUT2D eigenvalue weighted by molar-refractivity contribution is -0.139. The van der Waals surface area contributed by atoms with Crippen LogP contribution in [0.4, 0.5) is 16.0 Å². The molecule has 1 unspecified atom stereocenters. The monoisotopic (exact) mass is 422 g/mol. The normalized spacial score (nSPS) is 15.4. The number of nitrogens with zero attached hydrogens (tertiary/aromatic N) is 5. The van der Waals surface area contributed by atoms with Crippen molar-refractivity contribution in [3.05, 3.63) is 66.8 Å².